The Morgan fingerprint density at radius 3 is 1.33 bits per heavy atom. The molecule has 1 unspecified atom stereocenters. The van der Waals surface area contributed by atoms with Crippen molar-refractivity contribution in [1.82, 2.24) is 0 Å². The largest absolute Gasteiger partial charge is 0.481 e. The van der Waals surface area contributed by atoms with Gasteiger partial charge in [0.15, 0.2) is 6.10 Å². The van der Waals surface area contributed by atoms with Crippen molar-refractivity contribution >= 4 is 23.9 Å². The van der Waals surface area contributed by atoms with Crippen LogP contribution in [-0.2, 0) is 38.8 Å². The van der Waals surface area contributed by atoms with E-state index in [1.807, 2.05) is 39.8 Å². The summed E-state index contributed by atoms with van der Waals surface area (Å²) < 4.78 is 17.1. The minimum absolute atomic E-state index is 0.0781. The number of rotatable bonds is 40. The van der Waals surface area contributed by atoms with Crippen LogP contribution in [0.1, 0.15) is 248 Å². The Morgan fingerprint density at radius 2 is 0.967 bits per heavy atom. The van der Waals surface area contributed by atoms with Gasteiger partial charge in [-0.1, -0.05) is 199 Å². The highest BCUT2D eigenvalue weighted by atomic mass is 16.6. The first kappa shape index (κ1) is 56.1. The molecular formula is C52H90O9. The van der Waals surface area contributed by atoms with Gasteiger partial charge in [0.25, 0.3) is 0 Å². The standard InChI is InChI=1S/C52H90O9/c1-7-9-11-13-15-17-19-21-23-25-27-29-31-33-48(56)59-40-44(41-60-49(57)34-32-30-28-26-24-22-20-18-16-14-12-10-8-2)61-51(58)46(39-47(54)55)45-38-42(3)37-43(4)50(45)52(5,6)35-36-53/h37-38,44,46,53H,7-36,39-41H2,1-6H3,(H,54,55). The molecule has 0 spiro atoms. The van der Waals surface area contributed by atoms with Crippen molar-refractivity contribution < 1.29 is 43.6 Å². The van der Waals surface area contributed by atoms with Gasteiger partial charge < -0.3 is 24.4 Å². The first-order valence-electron chi connectivity index (χ1n) is 24.8. The van der Waals surface area contributed by atoms with E-state index < -0.39 is 47.7 Å². The molecule has 0 aliphatic carbocycles. The molecule has 0 bridgehead atoms. The van der Waals surface area contributed by atoms with E-state index in [9.17, 15) is 29.4 Å². The van der Waals surface area contributed by atoms with Gasteiger partial charge in [0.1, 0.15) is 13.2 Å². The molecule has 0 aromatic heterocycles. The van der Waals surface area contributed by atoms with Crippen LogP contribution in [0.25, 0.3) is 0 Å². The van der Waals surface area contributed by atoms with Crippen molar-refractivity contribution in [3.05, 3.63) is 34.4 Å². The summed E-state index contributed by atoms with van der Waals surface area (Å²) in [5, 5.41) is 19.8. The van der Waals surface area contributed by atoms with Crippen LogP contribution in [0, 0.1) is 13.8 Å². The van der Waals surface area contributed by atoms with Crippen molar-refractivity contribution in [3.63, 3.8) is 0 Å². The number of unbranched alkanes of at least 4 members (excludes halogenated alkanes) is 24. The van der Waals surface area contributed by atoms with Crippen LogP contribution in [-0.4, -0.2) is 60.0 Å². The molecule has 61 heavy (non-hydrogen) atoms. The SMILES string of the molecule is CCCCCCCCCCCCCCCC(=O)OCC(COC(=O)CCCCCCCCCCCCCCC)OC(=O)C(CC(=O)O)c1cc(C)cc(C)c1C(C)(C)CCO. The number of esters is 3. The summed E-state index contributed by atoms with van der Waals surface area (Å²) in [6, 6.07) is 3.80. The minimum atomic E-state index is -1.17. The summed E-state index contributed by atoms with van der Waals surface area (Å²) in [6.07, 6.45) is 30.5. The molecule has 0 radical (unpaired) electrons. The highest BCUT2D eigenvalue weighted by molar-refractivity contribution is 5.85. The molecule has 1 rings (SSSR count). The van der Waals surface area contributed by atoms with Crippen molar-refractivity contribution in [3.8, 4) is 0 Å². The summed E-state index contributed by atoms with van der Waals surface area (Å²) in [7, 11) is 0. The van der Waals surface area contributed by atoms with Crippen molar-refractivity contribution in [2.75, 3.05) is 19.8 Å². The molecule has 0 saturated heterocycles. The van der Waals surface area contributed by atoms with E-state index in [-0.39, 0.29) is 32.7 Å². The topological polar surface area (TPSA) is 136 Å². The molecule has 9 nitrogen and oxygen atoms in total. The lowest BCUT2D eigenvalue weighted by Crippen LogP contribution is -2.34. The van der Waals surface area contributed by atoms with Gasteiger partial charge in [0, 0.05) is 19.4 Å². The zero-order valence-electron chi connectivity index (χ0n) is 39.9. The first-order valence-corrected chi connectivity index (χ1v) is 24.8. The molecule has 2 N–H and O–H groups in total. The van der Waals surface area contributed by atoms with Crippen LogP contribution in [0.5, 0.6) is 0 Å². The van der Waals surface area contributed by atoms with Crippen molar-refractivity contribution in [2.45, 2.75) is 252 Å². The van der Waals surface area contributed by atoms with E-state index in [2.05, 4.69) is 13.8 Å². The minimum Gasteiger partial charge on any atom is -0.481 e. The number of aliphatic hydroxyl groups excluding tert-OH is 1. The smallest absolute Gasteiger partial charge is 0.314 e. The second-order valence-electron chi connectivity index (χ2n) is 18.5. The Morgan fingerprint density at radius 1 is 0.590 bits per heavy atom. The maximum atomic E-state index is 14.0. The third kappa shape index (κ3) is 27.7. The van der Waals surface area contributed by atoms with Gasteiger partial charge in [-0.2, -0.15) is 0 Å². The molecule has 9 heteroatoms. The molecule has 0 amide bonds. The number of hydrogen-bond acceptors (Lipinski definition) is 8. The van der Waals surface area contributed by atoms with Crippen LogP contribution < -0.4 is 0 Å². The Hall–Kier alpha value is -2.94. The average Bonchev–Trinajstić information content (AvgIpc) is 3.20. The molecule has 0 saturated carbocycles. The fourth-order valence-corrected chi connectivity index (χ4v) is 8.55. The third-order valence-corrected chi connectivity index (χ3v) is 12.1. The molecular weight excluding hydrogens is 769 g/mol. The average molecular weight is 859 g/mol. The van der Waals surface area contributed by atoms with Crippen molar-refractivity contribution in [2.24, 2.45) is 0 Å². The van der Waals surface area contributed by atoms with Gasteiger partial charge in [-0.15, -0.1) is 0 Å². The Kier molecular flexibility index (Phi) is 32.6. The number of aliphatic hydroxyl groups is 1. The van der Waals surface area contributed by atoms with E-state index in [1.165, 1.54) is 116 Å². The normalized spacial score (nSPS) is 12.1. The van der Waals surface area contributed by atoms with Gasteiger partial charge in [0.2, 0.25) is 0 Å². The number of carbonyl (C=O) groups is 4. The van der Waals surface area contributed by atoms with E-state index in [0.29, 0.717) is 24.8 Å². The predicted octanol–water partition coefficient (Wildman–Crippen LogP) is 13.5. The monoisotopic (exact) mass is 859 g/mol. The highest BCUT2D eigenvalue weighted by Gasteiger charge is 2.35. The first-order chi connectivity index (χ1) is 29.4. The molecule has 0 aliphatic heterocycles. The van der Waals surface area contributed by atoms with Crippen LogP contribution in [0.2, 0.25) is 0 Å². The summed E-state index contributed by atoms with van der Waals surface area (Å²) in [5.74, 6) is -3.95. The number of benzene rings is 1. The van der Waals surface area contributed by atoms with Crippen LogP contribution in [0.15, 0.2) is 12.1 Å². The second-order valence-corrected chi connectivity index (χ2v) is 18.5. The number of aliphatic carboxylic acids is 1. The summed E-state index contributed by atoms with van der Waals surface area (Å²) in [4.78, 5) is 51.9. The summed E-state index contributed by atoms with van der Waals surface area (Å²) in [5.41, 5.74) is 2.50. The van der Waals surface area contributed by atoms with Gasteiger partial charge in [-0.3, -0.25) is 19.2 Å². The lowest BCUT2D eigenvalue weighted by molar-refractivity contribution is -0.168. The quantitative estimate of drug-likeness (QED) is 0.0375. The fourth-order valence-electron chi connectivity index (χ4n) is 8.55. The fraction of sp³-hybridized carbons (Fsp3) is 0.808. The summed E-state index contributed by atoms with van der Waals surface area (Å²) >= 11 is 0. The van der Waals surface area contributed by atoms with E-state index in [0.717, 1.165) is 55.2 Å². The summed E-state index contributed by atoms with van der Waals surface area (Å²) in [6.45, 7) is 11.5. The highest BCUT2D eigenvalue weighted by Crippen LogP contribution is 2.38. The van der Waals surface area contributed by atoms with Gasteiger partial charge >= 0.3 is 23.9 Å². The molecule has 0 heterocycles. The van der Waals surface area contributed by atoms with Crippen molar-refractivity contribution in [1.29, 1.82) is 0 Å². The van der Waals surface area contributed by atoms with Gasteiger partial charge in [0.05, 0.1) is 12.3 Å². The Bertz CT molecular complexity index is 1280. The zero-order valence-corrected chi connectivity index (χ0v) is 39.9. The molecule has 1 atom stereocenters. The van der Waals surface area contributed by atoms with Gasteiger partial charge in [-0.05, 0) is 55.2 Å². The molecule has 352 valence electrons. The number of ether oxygens (including phenoxy) is 3. The number of hydrogen-bond donors (Lipinski definition) is 2. The lowest BCUT2D eigenvalue weighted by atomic mass is 9.73. The maximum absolute atomic E-state index is 14.0. The second kappa shape index (κ2) is 35.5. The van der Waals surface area contributed by atoms with E-state index >= 15 is 0 Å². The number of carbonyl (C=O) groups excluding carboxylic acids is 3. The lowest BCUT2D eigenvalue weighted by Gasteiger charge is -2.32. The number of aryl methyl sites for hydroxylation is 2. The van der Waals surface area contributed by atoms with Crippen LogP contribution in [0.4, 0.5) is 0 Å². The van der Waals surface area contributed by atoms with E-state index in [1.54, 1.807) is 0 Å². The third-order valence-electron chi connectivity index (χ3n) is 12.1. The number of carboxylic acid groups (broad SMARTS) is 1. The van der Waals surface area contributed by atoms with Crippen LogP contribution >= 0.6 is 0 Å². The van der Waals surface area contributed by atoms with E-state index in [4.69, 9.17) is 14.2 Å². The molecule has 1 aromatic carbocycles. The Balaban J connectivity index is 2.81. The molecule has 1 aromatic rings. The maximum Gasteiger partial charge on any atom is 0.314 e. The Labute approximate surface area is 372 Å². The van der Waals surface area contributed by atoms with Crippen LogP contribution in [0.3, 0.4) is 0 Å². The van der Waals surface area contributed by atoms with Gasteiger partial charge in [-0.25, -0.2) is 0 Å². The predicted molar refractivity (Wildman–Crippen MR) is 248 cm³/mol. The molecule has 0 aliphatic rings. The number of carboxylic acids is 1. The zero-order chi connectivity index (χ0) is 45.1. The molecule has 0 fully saturated rings.